The van der Waals surface area contributed by atoms with Crippen molar-refractivity contribution in [2.24, 2.45) is 0 Å². The molecule has 2 heteroatoms. The number of aromatic amines is 1. The molecule has 0 amide bonds. The largest absolute Gasteiger partial charge is 0.355 e. The second kappa shape index (κ2) is 13.4. The minimum atomic E-state index is 1.16. The summed E-state index contributed by atoms with van der Waals surface area (Å²) < 4.78 is 2.44. The zero-order valence-corrected chi connectivity index (χ0v) is 30.6. The third kappa shape index (κ3) is 5.34. The van der Waals surface area contributed by atoms with Crippen LogP contribution in [0.5, 0.6) is 0 Å². The van der Waals surface area contributed by atoms with Gasteiger partial charge in [0.1, 0.15) is 0 Å². The van der Waals surface area contributed by atoms with Gasteiger partial charge in [-0.1, -0.05) is 158 Å². The second-order valence-electron chi connectivity index (χ2n) is 14.1. The molecule has 2 aromatic heterocycles. The van der Waals surface area contributed by atoms with Crippen LogP contribution in [0.1, 0.15) is 6.92 Å². The summed E-state index contributed by atoms with van der Waals surface area (Å²) in [7, 11) is 0. The number of allylic oxidation sites excluding steroid dienone is 5. The van der Waals surface area contributed by atoms with E-state index in [1.54, 1.807) is 6.08 Å². The first-order valence-electron chi connectivity index (χ1n) is 18.9. The van der Waals surface area contributed by atoms with Crippen molar-refractivity contribution in [3.8, 4) is 50.2 Å². The first-order chi connectivity index (χ1) is 27.2. The monoisotopic (exact) mass is 702 g/mol. The fourth-order valence-corrected chi connectivity index (χ4v) is 8.58. The molecule has 0 aliphatic heterocycles. The Labute approximate surface area is 320 Å². The first-order valence-corrected chi connectivity index (χ1v) is 18.9. The van der Waals surface area contributed by atoms with E-state index in [2.05, 4.69) is 180 Å². The molecule has 1 aliphatic carbocycles. The number of benzene rings is 8. The Kier molecular flexibility index (Phi) is 7.89. The molecule has 55 heavy (non-hydrogen) atoms. The lowest BCUT2D eigenvalue weighted by Gasteiger charge is -2.13. The summed E-state index contributed by atoms with van der Waals surface area (Å²) in [5.74, 6) is 0. The molecule has 0 radical (unpaired) electrons. The first kappa shape index (κ1) is 32.5. The molecule has 1 aliphatic rings. The van der Waals surface area contributed by atoms with Gasteiger partial charge in [0.25, 0.3) is 0 Å². The van der Waals surface area contributed by atoms with E-state index >= 15 is 0 Å². The summed E-state index contributed by atoms with van der Waals surface area (Å²) >= 11 is 0. The van der Waals surface area contributed by atoms with Gasteiger partial charge in [-0.05, 0) is 105 Å². The van der Waals surface area contributed by atoms with Gasteiger partial charge in [0.15, 0.2) is 0 Å². The highest BCUT2D eigenvalue weighted by Crippen LogP contribution is 2.49. The van der Waals surface area contributed by atoms with Gasteiger partial charge in [-0.2, -0.15) is 0 Å². The van der Waals surface area contributed by atoms with Crippen LogP contribution in [-0.2, 0) is 0 Å². The normalized spacial score (nSPS) is 12.0. The van der Waals surface area contributed by atoms with E-state index in [-0.39, 0.29) is 0 Å². The van der Waals surface area contributed by atoms with Crippen LogP contribution in [0.2, 0.25) is 0 Å². The number of para-hydroxylation sites is 2. The molecule has 8 aromatic carbocycles. The molecule has 0 bridgehead atoms. The van der Waals surface area contributed by atoms with E-state index in [0.29, 0.717) is 0 Å². The maximum Gasteiger partial charge on any atom is 0.0547 e. The Hall–Kier alpha value is -7.16. The third-order valence-corrected chi connectivity index (χ3v) is 11.0. The lowest BCUT2D eigenvalue weighted by Crippen LogP contribution is -1.95. The molecule has 2 nitrogen and oxygen atoms in total. The predicted molar refractivity (Wildman–Crippen MR) is 237 cm³/mol. The van der Waals surface area contributed by atoms with Gasteiger partial charge in [0.2, 0.25) is 0 Å². The molecule has 0 unspecified atom stereocenters. The zero-order chi connectivity index (χ0) is 36.9. The van der Waals surface area contributed by atoms with Crippen LogP contribution in [0.25, 0.3) is 105 Å². The van der Waals surface area contributed by atoms with Gasteiger partial charge in [-0.3, -0.25) is 0 Å². The molecule has 0 atom stereocenters. The molecule has 10 aromatic rings. The summed E-state index contributed by atoms with van der Waals surface area (Å²) in [6.07, 6.45) is 9.51. The number of hydrogen-bond acceptors (Lipinski definition) is 0. The van der Waals surface area contributed by atoms with E-state index in [0.717, 1.165) is 5.69 Å². The molecule has 1 N–H and O–H groups in total. The predicted octanol–water partition coefficient (Wildman–Crippen LogP) is 14.9. The SMILES string of the molecule is C=C/C=C\C=C/C.c1cc(-c2ccc3c4c(cccc24)-c2ccccc2-3)cc(-n2c3ccccc3c3ccc(-c4ccc5[nH]c6ccccc6c5c4)cc32)c1. The standard InChI is InChI=1S/C46H28N2.C7H10/c1-2-12-34-33(11-1)39-16-8-15-38-32(22-23-40(34)46(38)39)30-9-7-10-31(25-30)48-44-18-6-4-14-36(44)37-21-19-29(27-45(37)48)28-20-24-43-41(26-28)35-13-3-5-17-42(35)47-43;1-3-5-7-6-4-2/h1-27,47H;3-7H,1H2,2H3/b;6-4-,7-5-. The van der Waals surface area contributed by atoms with Crippen molar-refractivity contribution in [2.45, 2.75) is 6.92 Å². The third-order valence-electron chi connectivity index (χ3n) is 11.0. The van der Waals surface area contributed by atoms with Crippen LogP contribution < -0.4 is 0 Å². The molecule has 0 spiro atoms. The number of nitrogens with zero attached hydrogens (tertiary/aromatic N) is 1. The summed E-state index contributed by atoms with van der Waals surface area (Å²) in [5, 5.41) is 7.69. The fraction of sp³-hybridized carbons (Fsp3) is 0.0189. The van der Waals surface area contributed by atoms with Crippen molar-refractivity contribution in [3.63, 3.8) is 0 Å². The highest BCUT2D eigenvalue weighted by Gasteiger charge is 2.22. The topological polar surface area (TPSA) is 20.7 Å². The Bertz CT molecular complexity index is 3150. The number of H-pyrrole nitrogens is 1. The van der Waals surface area contributed by atoms with Crippen LogP contribution >= 0.6 is 0 Å². The number of nitrogens with one attached hydrogen (secondary N) is 1. The fourth-order valence-electron chi connectivity index (χ4n) is 8.58. The molecule has 11 rings (SSSR count). The molecule has 0 fully saturated rings. The lowest BCUT2D eigenvalue weighted by atomic mass is 9.94. The summed E-state index contributed by atoms with van der Waals surface area (Å²) in [6.45, 7) is 5.49. The smallest absolute Gasteiger partial charge is 0.0547 e. The minimum Gasteiger partial charge on any atom is -0.355 e. The number of hydrogen-bond donors (Lipinski definition) is 1. The van der Waals surface area contributed by atoms with Gasteiger partial charge in [-0.25, -0.2) is 0 Å². The van der Waals surface area contributed by atoms with E-state index in [9.17, 15) is 0 Å². The number of rotatable bonds is 5. The molecule has 0 saturated carbocycles. The van der Waals surface area contributed by atoms with Gasteiger partial charge in [-0.15, -0.1) is 0 Å². The van der Waals surface area contributed by atoms with Crippen molar-refractivity contribution in [3.05, 3.63) is 201 Å². The van der Waals surface area contributed by atoms with Crippen LogP contribution in [0.15, 0.2) is 201 Å². The Morgan fingerprint density at radius 1 is 0.436 bits per heavy atom. The summed E-state index contributed by atoms with van der Waals surface area (Å²) in [4.78, 5) is 3.57. The highest BCUT2D eigenvalue weighted by atomic mass is 15.0. The maximum atomic E-state index is 3.57. The summed E-state index contributed by atoms with van der Waals surface area (Å²) in [6, 6.07) is 60.3. The van der Waals surface area contributed by atoms with Crippen LogP contribution in [0.4, 0.5) is 0 Å². The average molecular weight is 703 g/mol. The van der Waals surface area contributed by atoms with Crippen molar-refractivity contribution in [1.82, 2.24) is 9.55 Å². The van der Waals surface area contributed by atoms with Gasteiger partial charge in [0, 0.05) is 38.3 Å². The Morgan fingerprint density at radius 2 is 1.09 bits per heavy atom. The van der Waals surface area contributed by atoms with Crippen molar-refractivity contribution >= 4 is 54.4 Å². The van der Waals surface area contributed by atoms with Crippen LogP contribution in [0, 0.1) is 0 Å². The van der Waals surface area contributed by atoms with E-state index in [4.69, 9.17) is 0 Å². The van der Waals surface area contributed by atoms with E-state index < -0.39 is 0 Å². The minimum absolute atomic E-state index is 1.16. The highest BCUT2D eigenvalue weighted by molar-refractivity contribution is 6.19. The zero-order valence-electron chi connectivity index (χ0n) is 30.6. The quantitative estimate of drug-likeness (QED) is 0.172. The molecular formula is C53H38N2. The average Bonchev–Trinajstić information content (AvgIpc) is 3.89. The van der Waals surface area contributed by atoms with Crippen molar-refractivity contribution in [1.29, 1.82) is 0 Å². The lowest BCUT2D eigenvalue weighted by molar-refractivity contribution is 1.18. The molecule has 0 saturated heterocycles. The van der Waals surface area contributed by atoms with Crippen LogP contribution in [0.3, 0.4) is 0 Å². The van der Waals surface area contributed by atoms with Crippen molar-refractivity contribution in [2.75, 3.05) is 0 Å². The summed E-state index contributed by atoms with van der Waals surface area (Å²) in [5.41, 5.74) is 16.1. The van der Waals surface area contributed by atoms with Gasteiger partial charge in [0.05, 0.1) is 11.0 Å². The van der Waals surface area contributed by atoms with Crippen LogP contribution in [-0.4, -0.2) is 9.55 Å². The number of fused-ring (bicyclic) bond motifs is 9. The molecule has 260 valence electrons. The van der Waals surface area contributed by atoms with Crippen molar-refractivity contribution < 1.29 is 0 Å². The second-order valence-corrected chi connectivity index (χ2v) is 14.1. The Morgan fingerprint density at radius 3 is 1.95 bits per heavy atom. The van der Waals surface area contributed by atoms with Gasteiger partial charge < -0.3 is 9.55 Å². The Balaban J connectivity index is 0.000000489. The molecular weight excluding hydrogens is 665 g/mol. The van der Waals surface area contributed by atoms with Gasteiger partial charge >= 0.3 is 0 Å². The maximum absolute atomic E-state index is 3.57. The molecule has 2 heterocycles. The van der Waals surface area contributed by atoms with E-state index in [1.165, 1.54) is 98.9 Å². The number of aromatic nitrogens is 2. The van der Waals surface area contributed by atoms with E-state index in [1.807, 2.05) is 31.2 Å².